The summed E-state index contributed by atoms with van der Waals surface area (Å²) in [5, 5.41) is 0.753. The van der Waals surface area contributed by atoms with Crippen molar-refractivity contribution in [3.05, 3.63) is 34.3 Å². The van der Waals surface area contributed by atoms with E-state index >= 15 is 0 Å². The van der Waals surface area contributed by atoms with Crippen molar-refractivity contribution in [3.8, 4) is 0 Å². The molecule has 0 spiro atoms. The van der Waals surface area contributed by atoms with Gasteiger partial charge in [0.05, 0.1) is 0 Å². The number of benzene rings is 1. The Morgan fingerprint density at radius 3 is 2.31 bits per heavy atom. The van der Waals surface area contributed by atoms with Crippen molar-refractivity contribution in [3.63, 3.8) is 0 Å². The highest BCUT2D eigenvalue weighted by atomic mass is 35.5. The number of rotatable bonds is 4. The molecule has 0 unspecified atom stereocenters. The topological polar surface area (TPSA) is 0 Å². The van der Waals surface area contributed by atoms with Crippen molar-refractivity contribution < 1.29 is 0 Å². The van der Waals surface area contributed by atoms with Crippen LogP contribution in [0.5, 0.6) is 0 Å². The molecule has 0 fully saturated rings. The van der Waals surface area contributed by atoms with E-state index in [1.54, 1.807) is 0 Å². The number of aryl methyl sites for hydroxylation is 1. The van der Waals surface area contributed by atoms with Gasteiger partial charge in [-0.3, -0.25) is 0 Å². The van der Waals surface area contributed by atoms with Gasteiger partial charge in [-0.05, 0) is 36.1 Å². The maximum absolute atomic E-state index is 5.92. The zero-order chi connectivity index (χ0) is 9.68. The summed E-state index contributed by atoms with van der Waals surface area (Å²) in [5.74, 6) is 1.19. The average Bonchev–Trinajstić information content (AvgIpc) is 2.14. The van der Waals surface area contributed by atoms with Crippen LogP contribution in [0.4, 0.5) is 0 Å². The molecule has 1 aromatic rings. The summed E-state index contributed by atoms with van der Waals surface area (Å²) in [7, 11) is 0. The summed E-state index contributed by atoms with van der Waals surface area (Å²) < 4.78 is 0. The van der Waals surface area contributed by atoms with Gasteiger partial charge in [-0.1, -0.05) is 17.7 Å². The molecule has 0 saturated heterocycles. The minimum Gasteiger partial charge on any atom is -0.127 e. The Kier molecular flexibility index (Phi) is 4.93. The highest BCUT2D eigenvalue weighted by molar-refractivity contribution is 6.30. The molecular weight excluding hydrogens is 226 g/mol. The van der Waals surface area contributed by atoms with Crippen molar-refractivity contribution in [1.82, 2.24) is 0 Å². The van der Waals surface area contributed by atoms with Gasteiger partial charge in [0.2, 0.25) is 0 Å². The fourth-order valence-electron chi connectivity index (χ4n) is 1.21. The molecule has 0 radical (unpaired) electrons. The van der Waals surface area contributed by atoms with Crippen molar-refractivity contribution in [2.45, 2.75) is 18.7 Å². The van der Waals surface area contributed by atoms with Crippen molar-refractivity contribution in [2.75, 3.05) is 5.88 Å². The molecular formula is C10H11Cl3. The highest BCUT2D eigenvalue weighted by Crippen LogP contribution is 2.17. The first-order chi connectivity index (χ1) is 6.26. The van der Waals surface area contributed by atoms with E-state index in [1.165, 1.54) is 5.56 Å². The third kappa shape index (κ3) is 3.76. The summed E-state index contributed by atoms with van der Waals surface area (Å²) in [6.07, 6.45) is 1.94. The second-order valence-electron chi connectivity index (χ2n) is 2.89. The van der Waals surface area contributed by atoms with Crippen LogP contribution in [0.3, 0.4) is 0 Å². The lowest BCUT2D eigenvalue weighted by Crippen LogP contribution is -1.88. The molecule has 0 aliphatic rings. The summed E-state index contributed by atoms with van der Waals surface area (Å²) in [6.45, 7) is 0. The van der Waals surface area contributed by atoms with Crippen molar-refractivity contribution >= 4 is 34.8 Å². The van der Waals surface area contributed by atoms with Crippen molar-refractivity contribution in [1.29, 1.82) is 0 Å². The first kappa shape index (κ1) is 11.2. The first-order valence-electron chi connectivity index (χ1n) is 4.16. The van der Waals surface area contributed by atoms with Gasteiger partial charge in [-0.25, -0.2) is 0 Å². The van der Waals surface area contributed by atoms with Crippen LogP contribution >= 0.6 is 34.8 Å². The predicted molar refractivity (Wildman–Crippen MR) is 60.1 cm³/mol. The summed E-state index contributed by atoms with van der Waals surface area (Å²) in [5.41, 5.74) is 2.28. The molecule has 0 aromatic heterocycles. The van der Waals surface area contributed by atoms with E-state index in [4.69, 9.17) is 34.8 Å². The maximum Gasteiger partial charge on any atom is 0.0474 e. The van der Waals surface area contributed by atoms with Gasteiger partial charge in [0.1, 0.15) is 0 Å². The van der Waals surface area contributed by atoms with Crippen LogP contribution in [0, 0.1) is 0 Å². The third-order valence-corrected chi connectivity index (χ3v) is 2.56. The number of halogens is 3. The fraction of sp³-hybridized carbons (Fsp3) is 0.400. The minimum atomic E-state index is 0.508. The van der Waals surface area contributed by atoms with Gasteiger partial charge < -0.3 is 0 Å². The Morgan fingerprint density at radius 2 is 1.69 bits per heavy atom. The number of alkyl halides is 2. The summed E-state index contributed by atoms with van der Waals surface area (Å²) >= 11 is 17.2. The zero-order valence-electron chi connectivity index (χ0n) is 7.19. The van der Waals surface area contributed by atoms with E-state index in [1.807, 2.05) is 12.1 Å². The van der Waals surface area contributed by atoms with E-state index in [0.717, 1.165) is 23.4 Å². The first-order valence-corrected chi connectivity index (χ1v) is 5.61. The predicted octanol–water partition coefficient (Wildman–Crippen LogP) is 4.25. The third-order valence-electron chi connectivity index (χ3n) is 1.77. The highest BCUT2D eigenvalue weighted by Gasteiger charge is 1.98. The second-order valence-corrected chi connectivity index (χ2v) is 3.98. The zero-order valence-corrected chi connectivity index (χ0v) is 9.46. The molecule has 0 aliphatic heterocycles. The fourth-order valence-corrected chi connectivity index (χ4v) is 1.78. The van der Waals surface area contributed by atoms with Gasteiger partial charge in [-0.15, -0.1) is 23.2 Å². The van der Waals surface area contributed by atoms with Crippen LogP contribution in [0.15, 0.2) is 18.2 Å². The lowest BCUT2D eigenvalue weighted by atomic mass is 10.1. The van der Waals surface area contributed by atoms with Crippen LogP contribution in [-0.2, 0) is 12.3 Å². The van der Waals surface area contributed by atoms with E-state index < -0.39 is 0 Å². The van der Waals surface area contributed by atoms with Crippen LogP contribution in [0.1, 0.15) is 17.5 Å². The molecule has 0 atom stereocenters. The van der Waals surface area contributed by atoms with Crippen LogP contribution in [0.2, 0.25) is 5.02 Å². The Bertz CT molecular complexity index is 271. The molecule has 1 rings (SSSR count). The number of hydrogen-bond acceptors (Lipinski definition) is 0. The molecule has 3 heteroatoms. The quantitative estimate of drug-likeness (QED) is 0.687. The van der Waals surface area contributed by atoms with E-state index in [9.17, 15) is 0 Å². The molecule has 1 aromatic carbocycles. The molecule has 0 aliphatic carbocycles. The lowest BCUT2D eigenvalue weighted by molar-refractivity contribution is 0.927. The normalized spacial score (nSPS) is 10.4. The van der Waals surface area contributed by atoms with Crippen LogP contribution in [0.25, 0.3) is 0 Å². The Balaban J connectivity index is 2.76. The molecule has 0 bridgehead atoms. The lowest BCUT2D eigenvalue weighted by Gasteiger charge is -2.03. The SMILES string of the molecule is ClCCCc1cc(Cl)cc(CCl)c1. The average molecular weight is 238 g/mol. The monoisotopic (exact) mass is 236 g/mol. The van der Waals surface area contributed by atoms with Gasteiger partial charge >= 0.3 is 0 Å². The van der Waals surface area contributed by atoms with E-state index in [-0.39, 0.29) is 0 Å². The van der Waals surface area contributed by atoms with E-state index in [0.29, 0.717) is 11.8 Å². The molecule has 0 saturated carbocycles. The van der Waals surface area contributed by atoms with Crippen molar-refractivity contribution in [2.24, 2.45) is 0 Å². The van der Waals surface area contributed by atoms with E-state index in [2.05, 4.69) is 6.07 Å². The molecule has 0 heterocycles. The Morgan fingerprint density at radius 1 is 1.00 bits per heavy atom. The molecule has 0 amide bonds. The minimum absolute atomic E-state index is 0.508. The molecule has 0 N–H and O–H groups in total. The molecule has 0 nitrogen and oxygen atoms in total. The smallest absolute Gasteiger partial charge is 0.0474 e. The molecule has 72 valence electrons. The van der Waals surface area contributed by atoms with Crippen LogP contribution < -0.4 is 0 Å². The van der Waals surface area contributed by atoms with Gasteiger partial charge in [0.25, 0.3) is 0 Å². The standard InChI is InChI=1S/C10H11Cl3/c11-3-1-2-8-4-9(7-12)6-10(13)5-8/h4-6H,1-3,7H2. The van der Waals surface area contributed by atoms with Gasteiger partial charge in [0, 0.05) is 16.8 Å². The molecule has 13 heavy (non-hydrogen) atoms. The van der Waals surface area contributed by atoms with Gasteiger partial charge in [0.15, 0.2) is 0 Å². The Hall–Kier alpha value is 0.0900. The summed E-state index contributed by atoms with van der Waals surface area (Å²) in [4.78, 5) is 0. The van der Waals surface area contributed by atoms with Crippen LogP contribution in [-0.4, -0.2) is 5.88 Å². The number of hydrogen-bond donors (Lipinski definition) is 0. The van der Waals surface area contributed by atoms with Gasteiger partial charge in [-0.2, -0.15) is 0 Å². The maximum atomic E-state index is 5.92. The Labute approximate surface area is 93.8 Å². The second kappa shape index (κ2) is 5.74. The largest absolute Gasteiger partial charge is 0.127 e. The summed E-state index contributed by atoms with van der Waals surface area (Å²) in [6, 6.07) is 5.92.